The van der Waals surface area contributed by atoms with Gasteiger partial charge in [0.25, 0.3) is 0 Å². The molecule has 0 heterocycles. The summed E-state index contributed by atoms with van der Waals surface area (Å²) in [6.45, 7) is 2.68. The van der Waals surface area contributed by atoms with Crippen LogP contribution in [0.25, 0.3) is 0 Å². The van der Waals surface area contributed by atoms with Gasteiger partial charge in [-0.15, -0.1) is 0 Å². The molecule has 1 aliphatic carbocycles. The highest BCUT2D eigenvalue weighted by molar-refractivity contribution is 9.10. The largest absolute Gasteiger partial charge is 0.338 e. The molecular formula is C16H21BrN2O. The molecule has 2 rings (SSSR count). The quantitative estimate of drug-likeness (QED) is 0.764. The van der Waals surface area contributed by atoms with Crippen molar-refractivity contribution in [3.05, 3.63) is 39.9 Å². The summed E-state index contributed by atoms with van der Waals surface area (Å²) in [5, 5.41) is 5.80. The molecule has 108 valence electrons. The van der Waals surface area contributed by atoms with Crippen LogP contribution < -0.4 is 10.6 Å². The van der Waals surface area contributed by atoms with Crippen molar-refractivity contribution in [2.75, 3.05) is 11.9 Å². The summed E-state index contributed by atoms with van der Waals surface area (Å²) in [6.07, 6.45) is 8.26. The highest BCUT2D eigenvalue weighted by atomic mass is 79.9. The Morgan fingerprint density at radius 2 is 2.20 bits per heavy atom. The third kappa shape index (κ3) is 4.67. The Balaban J connectivity index is 1.76. The number of carbonyl (C=O) groups excluding carboxylic acids is 1. The predicted molar refractivity (Wildman–Crippen MR) is 87.1 cm³/mol. The fourth-order valence-electron chi connectivity index (χ4n) is 2.40. The topological polar surface area (TPSA) is 41.1 Å². The number of aryl methyl sites for hydroxylation is 1. The van der Waals surface area contributed by atoms with Gasteiger partial charge in [-0.1, -0.05) is 27.6 Å². The normalized spacial score (nSPS) is 14.6. The zero-order valence-electron chi connectivity index (χ0n) is 11.8. The van der Waals surface area contributed by atoms with Gasteiger partial charge in [0.05, 0.1) is 0 Å². The molecule has 1 aromatic rings. The van der Waals surface area contributed by atoms with E-state index in [0.717, 1.165) is 22.1 Å². The molecule has 0 fully saturated rings. The van der Waals surface area contributed by atoms with Gasteiger partial charge in [0.15, 0.2) is 0 Å². The van der Waals surface area contributed by atoms with E-state index >= 15 is 0 Å². The molecule has 0 unspecified atom stereocenters. The van der Waals surface area contributed by atoms with Gasteiger partial charge in [-0.05, 0) is 62.8 Å². The molecule has 3 nitrogen and oxygen atoms in total. The fourth-order valence-corrected chi connectivity index (χ4v) is 2.88. The van der Waals surface area contributed by atoms with Crippen molar-refractivity contribution in [2.45, 2.75) is 39.0 Å². The van der Waals surface area contributed by atoms with Crippen molar-refractivity contribution in [1.82, 2.24) is 5.32 Å². The summed E-state index contributed by atoms with van der Waals surface area (Å²) in [6, 6.07) is 5.69. The Bertz CT molecular complexity index is 511. The number of nitrogens with one attached hydrogen (secondary N) is 2. The van der Waals surface area contributed by atoms with Crippen LogP contribution in [0.2, 0.25) is 0 Å². The standard InChI is InChI=1S/C16H21BrN2O/c1-12-11-14(17)7-8-15(12)19-16(20)18-10-9-13-5-3-2-4-6-13/h5,7-8,11H,2-4,6,9-10H2,1H3,(H2,18,19,20). The van der Waals surface area contributed by atoms with Crippen molar-refractivity contribution >= 4 is 27.6 Å². The minimum Gasteiger partial charge on any atom is -0.338 e. The first-order valence-corrected chi connectivity index (χ1v) is 7.93. The molecule has 0 aliphatic heterocycles. The summed E-state index contributed by atoms with van der Waals surface area (Å²) < 4.78 is 1.02. The summed E-state index contributed by atoms with van der Waals surface area (Å²) in [4.78, 5) is 11.8. The molecule has 0 spiro atoms. The van der Waals surface area contributed by atoms with Crippen LogP contribution in [0.5, 0.6) is 0 Å². The lowest BCUT2D eigenvalue weighted by Gasteiger charge is -2.14. The Kier molecular flexibility index (Phi) is 5.65. The SMILES string of the molecule is Cc1cc(Br)ccc1NC(=O)NCCC1=CCCCC1. The van der Waals surface area contributed by atoms with Gasteiger partial charge in [0, 0.05) is 16.7 Å². The average Bonchev–Trinajstić information content (AvgIpc) is 2.43. The molecule has 0 radical (unpaired) electrons. The number of urea groups is 1. The van der Waals surface area contributed by atoms with E-state index in [0.29, 0.717) is 6.54 Å². The van der Waals surface area contributed by atoms with Crippen molar-refractivity contribution in [2.24, 2.45) is 0 Å². The Labute approximate surface area is 129 Å². The van der Waals surface area contributed by atoms with Crippen LogP contribution in [0.15, 0.2) is 34.3 Å². The lowest BCUT2D eigenvalue weighted by molar-refractivity contribution is 0.252. The monoisotopic (exact) mass is 336 g/mol. The van der Waals surface area contributed by atoms with Gasteiger partial charge in [-0.2, -0.15) is 0 Å². The van der Waals surface area contributed by atoms with Gasteiger partial charge in [-0.25, -0.2) is 4.79 Å². The molecule has 1 aliphatic rings. The number of halogens is 1. The van der Waals surface area contributed by atoms with Crippen molar-refractivity contribution < 1.29 is 4.79 Å². The van der Waals surface area contributed by atoms with Crippen molar-refractivity contribution in [3.8, 4) is 0 Å². The summed E-state index contributed by atoms with van der Waals surface area (Å²) in [7, 11) is 0. The second kappa shape index (κ2) is 7.48. The van der Waals surface area contributed by atoms with Crippen LogP contribution in [0.3, 0.4) is 0 Å². The van der Waals surface area contributed by atoms with Crippen LogP contribution in [0.1, 0.15) is 37.7 Å². The van der Waals surface area contributed by atoms with Crippen LogP contribution in [0.4, 0.5) is 10.5 Å². The Morgan fingerprint density at radius 3 is 2.90 bits per heavy atom. The number of rotatable bonds is 4. The van der Waals surface area contributed by atoms with Crippen LogP contribution in [-0.4, -0.2) is 12.6 Å². The maximum Gasteiger partial charge on any atom is 0.319 e. The highest BCUT2D eigenvalue weighted by Gasteiger charge is 2.06. The van der Waals surface area contributed by atoms with Gasteiger partial charge >= 0.3 is 6.03 Å². The molecule has 0 aromatic heterocycles. The van der Waals surface area contributed by atoms with E-state index in [4.69, 9.17) is 0 Å². The summed E-state index contributed by atoms with van der Waals surface area (Å²) in [5.74, 6) is 0. The number of amides is 2. The molecule has 0 atom stereocenters. The van der Waals surface area contributed by atoms with Gasteiger partial charge in [0.1, 0.15) is 0 Å². The van der Waals surface area contributed by atoms with Gasteiger partial charge < -0.3 is 10.6 Å². The second-order valence-corrected chi connectivity index (χ2v) is 6.11. The average molecular weight is 337 g/mol. The first-order chi connectivity index (χ1) is 9.65. The summed E-state index contributed by atoms with van der Waals surface area (Å²) >= 11 is 3.41. The molecule has 0 bridgehead atoms. The minimum atomic E-state index is -0.133. The number of carbonyl (C=O) groups is 1. The minimum absolute atomic E-state index is 0.133. The fraction of sp³-hybridized carbons (Fsp3) is 0.438. The molecule has 20 heavy (non-hydrogen) atoms. The number of hydrogen-bond donors (Lipinski definition) is 2. The van der Waals surface area contributed by atoms with Crippen LogP contribution in [-0.2, 0) is 0 Å². The number of allylic oxidation sites excluding steroid dienone is 1. The Morgan fingerprint density at radius 1 is 1.35 bits per heavy atom. The number of benzene rings is 1. The lowest BCUT2D eigenvalue weighted by Crippen LogP contribution is -2.30. The maximum atomic E-state index is 11.8. The van der Waals surface area contributed by atoms with E-state index in [2.05, 4.69) is 32.6 Å². The maximum absolute atomic E-state index is 11.8. The lowest BCUT2D eigenvalue weighted by atomic mass is 9.97. The second-order valence-electron chi connectivity index (χ2n) is 5.20. The number of anilines is 1. The molecular weight excluding hydrogens is 316 g/mol. The molecule has 0 saturated heterocycles. The zero-order chi connectivity index (χ0) is 14.4. The predicted octanol–water partition coefficient (Wildman–Crippen LogP) is 4.77. The zero-order valence-corrected chi connectivity index (χ0v) is 13.4. The molecule has 2 amide bonds. The first-order valence-electron chi connectivity index (χ1n) is 7.14. The molecule has 0 saturated carbocycles. The smallest absolute Gasteiger partial charge is 0.319 e. The van der Waals surface area contributed by atoms with E-state index in [1.165, 1.54) is 31.3 Å². The first kappa shape index (κ1) is 15.1. The van der Waals surface area contributed by atoms with Gasteiger partial charge in [0.2, 0.25) is 0 Å². The van der Waals surface area contributed by atoms with Crippen LogP contribution in [0, 0.1) is 6.92 Å². The van der Waals surface area contributed by atoms with E-state index in [-0.39, 0.29) is 6.03 Å². The van der Waals surface area contributed by atoms with E-state index in [1.807, 2.05) is 25.1 Å². The third-order valence-electron chi connectivity index (χ3n) is 3.55. The highest BCUT2D eigenvalue weighted by Crippen LogP contribution is 2.20. The Hall–Kier alpha value is -1.29. The molecule has 4 heteroatoms. The van der Waals surface area contributed by atoms with Gasteiger partial charge in [-0.3, -0.25) is 0 Å². The van der Waals surface area contributed by atoms with E-state index < -0.39 is 0 Å². The number of hydrogen-bond acceptors (Lipinski definition) is 1. The van der Waals surface area contributed by atoms with E-state index in [9.17, 15) is 4.79 Å². The molecule has 2 N–H and O–H groups in total. The van der Waals surface area contributed by atoms with E-state index in [1.54, 1.807) is 0 Å². The summed E-state index contributed by atoms with van der Waals surface area (Å²) in [5.41, 5.74) is 3.38. The van der Waals surface area contributed by atoms with Crippen molar-refractivity contribution in [1.29, 1.82) is 0 Å². The van der Waals surface area contributed by atoms with Crippen LogP contribution >= 0.6 is 15.9 Å². The van der Waals surface area contributed by atoms with Crippen molar-refractivity contribution in [3.63, 3.8) is 0 Å². The molecule has 1 aromatic carbocycles. The third-order valence-corrected chi connectivity index (χ3v) is 4.05.